The van der Waals surface area contributed by atoms with Crippen LogP contribution in [0.1, 0.15) is 99.3 Å². The molecule has 0 bridgehead atoms. The molecule has 0 aliphatic heterocycles. The molecular weight excluding hydrogens is 419 g/mol. The van der Waals surface area contributed by atoms with Crippen LogP contribution in [0, 0.1) is 17.6 Å². The third-order valence-electron chi connectivity index (χ3n) is 6.86. The summed E-state index contributed by atoms with van der Waals surface area (Å²) in [5, 5.41) is 0. The highest BCUT2D eigenvalue weighted by Crippen LogP contribution is 2.39. The van der Waals surface area contributed by atoms with E-state index in [2.05, 4.69) is 6.92 Å². The minimum absolute atomic E-state index is 0.0686. The number of unbranched alkanes of at least 4 members (excludes halogenated alkanes) is 4. The van der Waals surface area contributed by atoms with Crippen molar-refractivity contribution in [3.8, 4) is 0 Å². The van der Waals surface area contributed by atoms with Gasteiger partial charge in [-0.05, 0) is 72.9 Å². The molecule has 3 rings (SSSR count). The second-order valence-corrected chi connectivity index (χ2v) is 9.26. The molecule has 0 atom stereocenters. The van der Waals surface area contributed by atoms with Gasteiger partial charge in [-0.3, -0.25) is 0 Å². The van der Waals surface area contributed by atoms with E-state index in [0.717, 1.165) is 43.7 Å². The Hall–Kier alpha value is -1.91. The van der Waals surface area contributed by atoms with E-state index in [1.54, 1.807) is 0 Å². The Balaban J connectivity index is 1.57. The third-order valence-corrected chi connectivity index (χ3v) is 6.86. The summed E-state index contributed by atoms with van der Waals surface area (Å²) < 4.78 is 67.6. The van der Waals surface area contributed by atoms with Crippen LogP contribution in [-0.2, 0) is 12.6 Å². The first-order chi connectivity index (χ1) is 15.3. The van der Waals surface area contributed by atoms with Gasteiger partial charge in [0, 0.05) is 12.0 Å². The first kappa shape index (κ1) is 24.7. The van der Waals surface area contributed by atoms with Crippen molar-refractivity contribution in [2.24, 2.45) is 5.92 Å². The van der Waals surface area contributed by atoms with Gasteiger partial charge in [0.25, 0.3) is 0 Å². The maximum Gasteiger partial charge on any atom is 0.416 e. The second-order valence-electron chi connectivity index (χ2n) is 9.26. The highest BCUT2D eigenvalue weighted by Gasteiger charge is 2.30. The number of rotatable bonds is 9. The van der Waals surface area contributed by atoms with Crippen LogP contribution in [0.2, 0.25) is 0 Å². The van der Waals surface area contributed by atoms with Gasteiger partial charge in [-0.15, -0.1) is 0 Å². The molecule has 5 heteroatoms. The van der Waals surface area contributed by atoms with Crippen LogP contribution in [0.25, 0.3) is 0 Å². The molecule has 0 N–H and O–H groups in total. The number of hydrogen-bond acceptors (Lipinski definition) is 0. The monoisotopic (exact) mass is 452 g/mol. The standard InChI is InChI=1S/C27H33F5/c1-2-3-4-5-6-7-19-8-12-21(13-9-19)22-17-25(28)24(26(29)18-22)16-20-10-14-23(15-11-20)27(30,31)32/h10-11,14-15,17-19,21H,2-9,12-13,16H2,1H3. The lowest BCUT2D eigenvalue weighted by atomic mass is 9.76. The summed E-state index contributed by atoms with van der Waals surface area (Å²) in [6, 6.07) is 7.30. The zero-order chi connectivity index (χ0) is 23.1. The van der Waals surface area contributed by atoms with Crippen molar-refractivity contribution in [1.29, 1.82) is 0 Å². The summed E-state index contributed by atoms with van der Waals surface area (Å²) in [7, 11) is 0. The summed E-state index contributed by atoms with van der Waals surface area (Å²) in [6.45, 7) is 2.22. The largest absolute Gasteiger partial charge is 0.416 e. The number of hydrogen-bond donors (Lipinski definition) is 0. The van der Waals surface area contributed by atoms with Crippen molar-refractivity contribution >= 4 is 0 Å². The predicted molar refractivity (Wildman–Crippen MR) is 119 cm³/mol. The van der Waals surface area contributed by atoms with Crippen molar-refractivity contribution < 1.29 is 22.0 Å². The Morgan fingerprint density at radius 3 is 1.97 bits per heavy atom. The quantitative estimate of drug-likeness (QED) is 0.263. The lowest BCUT2D eigenvalue weighted by Crippen LogP contribution is -2.14. The zero-order valence-electron chi connectivity index (χ0n) is 18.8. The summed E-state index contributed by atoms with van der Waals surface area (Å²) in [5.41, 5.74) is 0.295. The molecule has 0 unspecified atom stereocenters. The third kappa shape index (κ3) is 6.79. The fourth-order valence-electron chi connectivity index (χ4n) is 4.86. The normalized spacial score (nSPS) is 19.3. The van der Waals surface area contributed by atoms with Crippen molar-refractivity contribution in [3.63, 3.8) is 0 Å². The smallest absolute Gasteiger partial charge is 0.207 e. The number of benzene rings is 2. The molecule has 2 aromatic carbocycles. The molecule has 32 heavy (non-hydrogen) atoms. The van der Waals surface area contributed by atoms with E-state index in [-0.39, 0.29) is 17.9 Å². The van der Waals surface area contributed by atoms with Crippen LogP contribution in [0.4, 0.5) is 22.0 Å². The SMILES string of the molecule is CCCCCCCC1CCC(c2cc(F)c(Cc3ccc(C(F)(F)F)cc3)c(F)c2)CC1. The van der Waals surface area contributed by atoms with Crippen molar-refractivity contribution in [2.75, 3.05) is 0 Å². The van der Waals surface area contributed by atoms with E-state index < -0.39 is 23.4 Å². The molecular formula is C27H33F5. The molecule has 0 saturated heterocycles. The molecule has 0 amide bonds. The Bertz CT molecular complexity index is 822. The van der Waals surface area contributed by atoms with Crippen molar-refractivity contribution in [3.05, 3.63) is 70.3 Å². The molecule has 2 aromatic rings. The minimum atomic E-state index is -4.43. The van der Waals surface area contributed by atoms with Crippen LogP contribution in [0.15, 0.2) is 36.4 Å². The highest BCUT2D eigenvalue weighted by molar-refractivity contribution is 5.34. The summed E-state index contributed by atoms with van der Waals surface area (Å²) in [6.07, 6.45) is 7.32. The molecule has 1 fully saturated rings. The average molecular weight is 453 g/mol. The average Bonchev–Trinajstić information content (AvgIpc) is 2.76. The van der Waals surface area contributed by atoms with E-state index in [0.29, 0.717) is 11.1 Å². The maximum atomic E-state index is 14.7. The highest BCUT2D eigenvalue weighted by atomic mass is 19.4. The summed E-state index contributed by atoms with van der Waals surface area (Å²) >= 11 is 0. The fourth-order valence-corrected chi connectivity index (χ4v) is 4.86. The Labute approximate surface area is 188 Å². The summed E-state index contributed by atoms with van der Waals surface area (Å²) in [5.74, 6) is -0.326. The summed E-state index contributed by atoms with van der Waals surface area (Å²) in [4.78, 5) is 0. The molecule has 1 saturated carbocycles. The first-order valence-electron chi connectivity index (χ1n) is 11.9. The number of halogens is 5. The van der Waals surface area contributed by atoms with Gasteiger partial charge in [-0.1, -0.05) is 57.6 Å². The Kier molecular flexibility index (Phi) is 8.72. The van der Waals surface area contributed by atoms with Gasteiger partial charge >= 0.3 is 6.18 Å². The predicted octanol–water partition coefficient (Wildman–Crippen LogP) is 9.21. The van der Waals surface area contributed by atoms with Gasteiger partial charge in [0.15, 0.2) is 0 Å². The van der Waals surface area contributed by atoms with Gasteiger partial charge in [-0.25, -0.2) is 8.78 Å². The molecule has 176 valence electrons. The molecule has 0 radical (unpaired) electrons. The molecule has 0 aromatic heterocycles. The zero-order valence-corrected chi connectivity index (χ0v) is 18.8. The van der Waals surface area contributed by atoms with Gasteiger partial charge in [0.1, 0.15) is 11.6 Å². The van der Waals surface area contributed by atoms with Crippen molar-refractivity contribution in [1.82, 2.24) is 0 Å². The van der Waals surface area contributed by atoms with E-state index in [1.165, 1.54) is 62.8 Å². The Morgan fingerprint density at radius 1 is 0.812 bits per heavy atom. The van der Waals surface area contributed by atoms with Crippen LogP contribution in [-0.4, -0.2) is 0 Å². The van der Waals surface area contributed by atoms with Crippen molar-refractivity contribution in [2.45, 2.75) is 89.6 Å². The first-order valence-corrected chi connectivity index (χ1v) is 11.9. The van der Waals surface area contributed by atoms with Crippen LogP contribution >= 0.6 is 0 Å². The number of alkyl halides is 3. The van der Waals surface area contributed by atoms with Gasteiger partial charge < -0.3 is 0 Å². The van der Waals surface area contributed by atoms with Crippen LogP contribution in [0.3, 0.4) is 0 Å². The van der Waals surface area contributed by atoms with E-state index in [1.807, 2.05) is 0 Å². The molecule has 0 heterocycles. The molecule has 0 spiro atoms. The Morgan fingerprint density at radius 2 is 1.41 bits per heavy atom. The maximum absolute atomic E-state index is 14.7. The topological polar surface area (TPSA) is 0 Å². The van der Waals surface area contributed by atoms with Crippen LogP contribution in [0.5, 0.6) is 0 Å². The lowest BCUT2D eigenvalue weighted by molar-refractivity contribution is -0.137. The molecule has 1 aliphatic carbocycles. The van der Waals surface area contributed by atoms with E-state index >= 15 is 0 Å². The van der Waals surface area contributed by atoms with E-state index in [4.69, 9.17) is 0 Å². The van der Waals surface area contributed by atoms with Crippen LogP contribution < -0.4 is 0 Å². The van der Waals surface area contributed by atoms with Gasteiger partial charge in [0.05, 0.1) is 5.56 Å². The fraction of sp³-hybridized carbons (Fsp3) is 0.556. The van der Waals surface area contributed by atoms with Gasteiger partial charge in [0.2, 0.25) is 0 Å². The molecule has 0 nitrogen and oxygen atoms in total. The van der Waals surface area contributed by atoms with Gasteiger partial charge in [-0.2, -0.15) is 13.2 Å². The lowest BCUT2D eigenvalue weighted by Gasteiger charge is -2.29. The molecule has 1 aliphatic rings. The second kappa shape index (κ2) is 11.3. The van der Waals surface area contributed by atoms with E-state index in [9.17, 15) is 22.0 Å². The minimum Gasteiger partial charge on any atom is -0.207 e.